The predicted octanol–water partition coefficient (Wildman–Crippen LogP) is 1.19. The van der Waals surface area contributed by atoms with E-state index in [4.69, 9.17) is 4.74 Å². The van der Waals surface area contributed by atoms with Crippen molar-refractivity contribution < 1.29 is 13.9 Å². The van der Waals surface area contributed by atoms with Crippen LogP contribution in [0.15, 0.2) is 24.3 Å². The van der Waals surface area contributed by atoms with Gasteiger partial charge in [-0.25, -0.2) is 9.40 Å². The first kappa shape index (κ1) is 12.4. The fourth-order valence-electron chi connectivity index (χ4n) is 1.10. The monoisotopic (exact) mass is 226 g/mol. The van der Waals surface area contributed by atoms with Crippen molar-refractivity contribution in [2.45, 2.75) is 6.42 Å². The topological polar surface area (TPSA) is 41.6 Å². The summed E-state index contributed by atoms with van der Waals surface area (Å²) in [6, 6.07) is 5.68. The lowest BCUT2D eigenvalue weighted by molar-refractivity contribution is -0.125. The van der Waals surface area contributed by atoms with Crippen LogP contribution in [0, 0.1) is 5.82 Å². The molecule has 1 rings (SSSR count). The van der Waals surface area contributed by atoms with Crippen LogP contribution in [0.25, 0.3) is 0 Å². The van der Waals surface area contributed by atoms with Gasteiger partial charge in [0.05, 0.1) is 13.0 Å². The Hall–Kier alpha value is -1.62. The van der Waals surface area contributed by atoms with Gasteiger partial charge in [0.2, 0.25) is 5.91 Å². The maximum atomic E-state index is 12.6. The molecule has 1 aromatic carbocycles. The van der Waals surface area contributed by atoms with Gasteiger partial charge in [0.1, 0.15) is 11.6 Å². The minimum Gasteiger partial charge on any atom is -0.493 e. The molecule has 0 fully saturated rings. The highest BCUT2D eigenvalue weighted by atomic mass is 19.1. The predicted molar refractivity (Wildman–Crippen MR) is 58.3 cm³/mol. The number of carbonyl (C=O) groups is 1. The SMILES string of the molecule is CN(C)NC(=O)CCOc1ccc(F)cc1. The lowest BCUT2D eigenvalue weighted by Crippen LogP contribution is -2.36. The van der Waals surface area contributed by atoms with E-state index in [1.807, 2.05) is 0 Å². The van der Waals surface area contributed by atoms with Crippen LogP contribution in [0.3, 0.4) is 0 Å². The van der Waals surface area contributed by atoms with Gasteiger partial charge in [-0.2, -0.15) is 0 Å². The molecule has 5 heteroatoms. The van der Waals surface area contributed by atoms with Gasteiger partial charge in [-0.1, -0.05) is 0 Å². The highest BCUT2D eigenvalue weighted by Crippen LogP contribution is 2.10. The number of benzene rings is 1. The maximum Gasteiger partial charge on any atom is 0.237 e. The Morgan fingerprint density at radius 1 is 1.38 bits per heavy atom. The number of hydrazine groups is 1. The van der Waals surface area contributed by atoms with Crippen LogP contribution in [0.5, 0.6) is 5.75 Å². The Morgan fingerprint density at radius 2 is 2.00 bits per heavy atom. The summed E-state index contributed by atoms with van der Waals surface area (Å²) in [5.74, 6) is 0.129. The van der Waals surface area contributed by atoms with Crippen LogP contribution in [0.4, 0.5) is 4.39 Å². The number of carbonyl (C=O) groups excluding carboxylic acids is 1. The Bertz CT molecular complexity index is 338. The molecule has 88 valence electrons. The molecule has 0 aliphatic carbocycles. The van der Waals surface area contributed by atoms with E-state index in [0.717, 1.165) is 0 Å². The van der Waals surface area contributed by atoms with Gasteiger partial charge in [0.15, 0.2) is 0 Å². The number of nitrogens with one attached hydrogen (secondary N) is 1. The fraction of sp³-hybridized carbons (Fsp3) is 0.364. The van der Waals surface area contributed by atoms with Gasteiger partial charge in [-0.3, -0.25) is 10.2 Å². The number of nitrogens with zero attached hydrogens (tertiary/aromatic N) is 1. The Kier molecular flexibility index (Phi) is 4.72. The van der Waals surface area contributed by atoms with Crippen LogP contribution in [0.2, 0.25) is 0 Å². The van der Waals surface area contributed by atoms with Gasteiger partial charge in [0, 0.05) is 14.1 Å². The van der Waals surface area contributed by atoms with Crippen molar-refractivity contribution in [1.82, 2.24) is 10.4 Å². The molecule has 0 aromatic heterocycles. The van der Waals surface area contributed by atoms with E-state index in [1.54, 1.807) is 19.1 Å². The summed E-state index contributed by atoms with van der Waals surface area (Å²) in [7, 11) is 3.47. The zero-order valence-corrected chi connectivity index (χ0v) is 9.37. The molecular weight excluding hydrogens is 211 g/mol. The van der Waals surface area contributed by atoms with Gasteiger partial charge >= 0.3 is 0 Å². The summed E-state index contributed by atoms with van der Waals surface area (Å²) in [5, 5.41) is 1.57. The van der Waals surface area contributed by atoms with Crippen LogP contribution in [-0.2, 0) is 4.79 Å². The highest BCUT2D eigenvalue weighted by Gasteiger charge is 2.02. The van der Waals surface area contributed by atoms with Crippen molar-refractivity contribution >= 4 is 5.91 Å². The first-order chi connectivity index (χ1) is 7.58. The smallest absolute Gasteiger partial charge is 0.237 e. The Morgan fingerprint density at radius 3 is 2.56 bits per heavy atom. The molecule has 1 N–H and O–H groups in total. The molecular formula is C11H15FN2O2. The van der Waals surface area contributed by atoms with E-state index < -0.39 is 0 Å². The van der Waals surface area contributed by atoms with Crippen molar-refractivity contribution in [2.24, 2.45) is 0 Å². The van der Waals surface area contributed by atoms with E-state index in [0.29, 0.717) is 5.75 Å². The van der Waals surface area contributed by atoms with Crippen LogP contribution < -0.4 is 10.2 Å². The molecule has 0 aliphatic rings. The number of rotatable bonds is 5. The molecule has 0 saturated carbocycles. The average molecular weight is 226 g/mol. The highest BCUT2D eigenvalue weighted by molar-refractivity contribution is 5.75. The maximum absolute atomic E-state index is 12.6. The van der Waals surface area contributed by atoms with Crippen LogP contribution >= 0.6 is 0 Å². The van der Waals surface area contributed by atoms with Crippen molar-refractivity contribution in [2.75, 3.05) is 20.7 Å². The largest absolute Gasteiger partial charge is 0.493 e. The normalized spacial score (nSPS) is 10.2. The summed E-state index contributed by atoms with van der Waals surface area (Å²) >= 11 is 0. The van der Waals surface area contributed by atoms with E-state index >= 15 is 0 Å². The standard InChI is InChI=1S/C11H15FN2O2/c1-14(2)13-11(15)7-8-16-10-5-3-9(12)4-6-10/h3-6H,7-8H2,1-2H3,(H,13,15). The van der Waals surface area contributed by atoms with E-state index in [1.165, 1.54) is 24.3 Å². The fourth-order valence-corrected chi connectivity index (χ4v) is 1.10. The number of hydrogen-bond donors (Lipinski definition) is 1. The molecule has 0 aliphatic heterocycles. The molecule has 0 saturated heterocycles. The Balaban J connectivity index is 2.25. The molecule has 1 amide bonds. The zero-order chi connectivity index (χ0) is 12.0. The van der Waals surface area contributed by atoms with Gasteiger partial charge < -0.3 is 4.74 Å². The minimum atomic E-state index is -0.308. The quantitative estimate of drug-likeness (QED) is 0.767. The molecule has 1 aromatic rings. The first-order valence-corrected chi connectivity index (χ1v) is 4.93. The molecule has 0 bridgehead atoms. The third-order valence-corrected chi connectivity index (χ3v) is 1.76. The summed E-state index contributed by atoms with van der Waals surface area (Å²) in [5.41, 5.74) is 2.59. The Labute approximate surface area is 94.0 Å². The molecule has 0 radical (unpaired) electrons. The molecule has 0 atom stereocenters. The minimum absolute atomic E-state index is 0.118. The lowest BCUT2D eigenvalue weighted by atomic mass is 10.3. The van der Waals surface area contributed by atoms with Gasteiger partial charge in [0.25, 0.3) is 0 Å². The second-order valence-electron chi connectivity index (χ2n) is 3.48. The van der Waals surface area contributed by atoms with Crippen molar-refractivity contribution in [3.8, 4) is 5.75 Å². The first-order valence-electron chi connectivity index (χ1n) is 4.93. The number of halogens is 1. The van der Waals surface area contributed by atoms with E-state index in [2.05, 4.69) is 5.43 Å². The second-order valence-corrected chi connectivity index (χ2v) is 3.48. The zero-order valence-electron chi connectivity index (χ0n) is 9.37. The van der Waals surface area contributed by atoms with Crippen LogP contribution in [0.1, 0.15) is 6.42 Å². The molecule has 16 heavy (non-hydrogen) atoms. The summed E-state index contributed by atoms with van der Waals surface area (Å²) in [6.07, 6.45) is 0.259. The van der Waals surface area contributed by atoms with Crippen LogP contribution in [-0.4, -0.2) is 31.6 Å². The van der Waals surface area contributed by atoms with Gasteiger partial charge in [-0.15, -0.1) is 0 Å². The average Bonchev–Trinajstić information content (AvgIpc) is 2.20. The van der Waals surface area contributed by atoms with E-state index in [9.17, 15) is 9.18 Å². The van der Waals surface area contributed by atoms with Crippen molar-refractivity contribution in [3.63, 3.8) is 0 Å². The van der Waals surface area contributed by atoms with Gasteiger partial charge in [-0.05, 0) is 24.3 Å². The van der Waals surface area contributed by atoms with E-state index in [-0.39, 0.29) is 24.8 Å². The summed E-state index contributed by atoms with van der Waals surface area (Å²) in [6.45, 7) is 0.269. The summed E-state index contributed by atoms with van der Waals surface area (Å²) in [4.78, 5) is 11.2. The lowest BCUT2D eigenvalue weighted by Gasteiger charge is -2.11. The molecule has 0 unspecified atom stereocenters. The molecule has 0 spiro atoms. The molecule has 0 heterocycles. The number of hydrogen-bond acceptors (Lipinski definition) is 3. The third kappa shape index (κ3) is 4.75. The summed E-state index contributed by atoms with van der Waals surface area (Å²) < 4.78 is 17.8. The third-order valence-electron chi connectivity index (χ3n) is 1.76. The molecule has 4 nitrogen and oxygen atoms in total. The second kappa shape index (κ2) is 6.07. The van der Waals surface area contributed by atoms with Crippen molar-refractivity contribution in [1.29, 1.82) is 0 Å². The number of ether oxygens (including phenoxy) is 1. The number of amides is 1. The van der Waals surface area contributed by atoms with Crippen molar-refractivity contribution in [3.05, 3.63) is 30.1 Å².